The van der Waals surface area contributed by atoms with E-state index in [4.69, 9.17) is 12.2 Å². The maximum atomic E-state index is 12.3. The average Bonchev–Trinajstić information content (AvgIpc) is 2.76. The summed E-state index contributed by atoms with van der Waals surface area (Å²) < 4.78 is 4.44. The molecule has 0 aliphatic heterocycles. The van der Waals surface area contributed by atoms with Crippen LogP contribution in [-0.2, 0) is 14.3 Å². The highest BCUT2D eigenvalue weighted by molar-refractivity contribution is 7.80. The van der Waals surface area contributed by atoms with Crippen LogP contribution in [0.3, 0.4) is 0 Å². The van der Waals surface area contributed by atoms with Gasteiger partial charge in [0.1, 0.15) is 0 Å². The predicted octanol–water partition coefficient (Wildman–Crippen LogP) is 1.84. The first-order chi connectivity index (χ1) is 14.8. The summed E-state index contributed by atoms with van der Waals surface area (Å²) in [4.78, 5) is 47.2. The van der Waals surface area contributed by atoms with Gasteiger partial charge in [0.05, 0.1) is 13.5 Å². The van der Waals surface area contributed by atoms with Gasteiger partial charge >= 0.3 is 5.97 Å². The molecule has 2 rings (SSSR count). The molecule has 0 saturated heterocycles. The van der Waals surface area contributed by atoms with Crippen molar-refractivity contribution >= 4 is 46.7 Å². The number of carbonyl (C=O) groups excluding carboxylic acids is 4. The second-order valence-electron chi connectivity index (χ2n) is 6.38. The van der Waals surface area contributed by atoms with Crippen LogP contribution >= 0.6 is 12.2 Å². The van der Waals surface area contributed by atoms with Gasteiger partial charge in [-0.2, -0.15) is 0 Å². The van der Waals surface area contributed by atoms with Crippen LogP contribution in [-0.4, -0.2) is 35.9 Å². The molecule has 9 nitrogen and oxygen atoms in total. The smallest absolute Gasteiger partial charge is 0.306 e. The van der Waals surface area contributed by atoms with Crippen molar-refractivity contribution in [2.45, 2.75) is 19.8 Å². The Morgan fingerprint density at radius 3 is 2.23 bits per heavy atom. The number of esters is 1. The lowest BCUT2D eigenvalue weighted by Gasteiger charge is -2.11. The molecule has 0 heterocycles. The summed E-state index contributed by atoms with van der Waals surface area (Å²) in [7, 11) is 1.23. The van der Waals surface area contributed by atoms with Gasteiger partial charge in [0.25, 0.3) is 11.8 Å². The zero-order valence-corrected chi connectivity index (χ0v) is 17.8. The van der Waals surface area contributed by atoms with Crippen LogP contribution in [0.4, 0.5) is 5.69 Å². The Bertz CT molecular complexity index is 992. The number of hydrazine groups is 1. The van der Waals surface area contributed by atoms with Crippen molar-refractivity contribution in [2.75, 3.05) is 12.4 Å². The molecule has 4 N–H and O–H groups in total. The molecule has 0 bridgehead atoms. The fraction of sp³-hybridized carbons (Fsp3) is 0.190. The van der Waals surface area contributed by atoms with Crippen molar-refractivity contribution in [1.82, 2.24) is 16.2 Å². The predicted molar refractivity (Wildman–Crippen MR) is 118 cm³/mol. The number of hydrogen-bond acceptors (Lipinski definition) is 6. The van der Waals surface area contributed by atoms with Gasteiger partial charge < -0.3 is 15.4 Å². The maximum Gasteiger partial charge on any atom is 0.306 e. The van der Waals surface area contributed by atoms with Gasteiger partial charge in [0, 0.05) is 23.2 Å². The summed E-state index contributed by atoms with van der Waals surface area (Å²) >= 11 is 4.91. The number of aryl methyl sites for hydroxylation is 1. The molecular weight excluding hydrogens is 420 g/mol. The SMILES string of the molecule is COC(=O)CCC(=O)NC(=S)NNC(=O)c1ccc(NC(=O)c2ccccc2C)cc1. The number of amides is 3. The Hall–Kier alpha value is -3.79. The van der Waals surface area contributed by atoms with Gasteiger partial charge in [0.2, 0.25) is 5.91 Å². The summed E-state index contributed by atoms with van der Waals surface area (Å²) in [6, 6.07) is 13.5. The lowest BCUT2D eigenvalue weighted by atomic mass is 10.1. The molecule has 0 spiro atoms. The van der Waals surface area contributed by atoms with Crippen molar-refractivity contribution in [2.24, 2.45) is 0 Å². The Kier molecular flexibility index (Phi) is 8.64. The molecule has 10 heteroatoms. The van der Waals surface area contributed by atoms with Crippen LogP contribution in [0, 0.1) is 6.92 Å². The van der Waals surface area contributed by atoms with Gasteiger partial charge in [-0.1, -0.05) is 18.2 Å². The van der Waals surface area contributed by atoms with Crippen LogP contribution < -0.4 is 21.5 Å². The number of hydrogen-bond donors (Lipinski definition) is 4. The highest BCUT2D eigenvalue weighted by Crippen LogP contribution is 2.13. The van der Waals surface area contributed by atoms with E-state index in [1.807, 2.05) is 19.1 Å². The summed E-state index contributed by atoms with van der Waals surface area (Å²) in [5.74, 6) is -1.75. The van der Waals surface area contributed by atoms with Gasteiger partial charge in [-0.15, -0.1) is 0 Å². The van der Waals surface area contributed by atoms with Crippen LogP contribution in [0.15, 0.2) is 48.5 Å². The number of thiocarbonyl (C=S) groups is 1. The fourth-order valence-corrected chi connectivity index (χ4v) is 2.62. The number of methoxy groups -OCH3 is 1. The molecule has 2 aromatic carbocycles. The molecule has 0 atom stereocenters. The van der Waals surface area contributed by atoms with E-state index >= 15 is 0 Å². The van der Waals surface area contributed by atoms with E-state index in [2.05, 4.69) is 26.2 Å². The number of nitrogens with one attached hydrogen (secondary N) is 4. The topological polar surface area (TPSA) is 126 Å². The van der Waals surface area contributed by atoms with E-state index < -0.39 is 17.8 Å². The standard InChI is InChI=1S/C21H22N4O5S/c1-13-5-3-4-6-16(13)20(29)22-15-9-7-14(8-10-15)19(28)24-25-21(31)23-17(26)11-12-18(27)30-2/h3-10H,11-12H2,1-2H3,(H,22,29)(H,24,28)(H2,23,25,26,31). The van der Waals surface area contributed by atoms with Crippen molar-refractivity contribution in [3.8, 4) is 0 Å². The quantitative estimate of drug-likeness (QED) is 0.306. The molecule has 0 radical (unpaired) electrons. The first-order valence-electron chi connectivity index (χ1n) is 9.24. The van der Waals surface area contributed by atoms with Crippen molar-refractivity contribution in [3.63, 3.8) is 0 Å². The molecule has 0 unspecified atom stereocenters. The van der Waals surface area contributed by atoms with Crippen LogP contribution in [0.5, 0.6) is 0 Å². The van der Waals surface area contributed by atoms with Crippen molar-refractivity contribution in [1.29, 1.82) is 0 Å². The third-order valence-electron chi connectivity index (χ3n) is 4.12. The Labute approximate surface area is 184 Å². The maximum absolute atomic E-state index is 12.3. The number of ether oxygens (including phenoxy) is 1. The van der Waals surface area contributed by atoms with E-state index in [1.165, 1.54) is 19.2 Å². The summed E-state index contributed by atoms with van der Waals surface area (Å²) in [6.45, 7) is 1.85. The minimum absolute atomic E-state index is 0.0793. The van der Waals surface area contributed by atoms with E-state index in [9.17, 15) is 19.2 Å². The molecule has 3 amide bonds. The molecule has 0 saturated carbocycles. The minimum atomic E-state index is -0.513. The second-order valence-corrected chi connectivity index (χ2v) is 6.79. The molecule has 31 heavy (non-hydrogen) atoms. The second kappa shape index (κ2) is 11.4. The van der Waals surface area contributed by atoms with Gasteiger partial charge in [-0.25, -0.2) is 0 Å². The van der Waals surface area contributed by atoms with Crippen LogP contribution in [0.1, 0.15) is 39.1 Å². The van der Waals surface area contributed by atoms with Gasteiger partial charge in [-0.3, -0.25) is 30.0 Å². The van der Waals surface area contributed by atoms with Gasteiger partial charge in [0.15, 0.2) is 5.11 Å². The lowest BCUT2D eigenvalue weighted by Crippen LogP contribution is -2.48. The molecule has 0 aliphatic carbocycles. The number of benzene rings is 2. The van der Waals surface area contributed by atoms with Crippen LogP contribution in [0.2, 0.25) is 0 Å². The molecule has 2 aromatic rings. The summed E-state index contributed by atoms with van der Waals surface area (Å²) in [5.41, 5.74) is 7.01. The monoisotopic (exact) mass is 442 g/mol. The third kappa shape index (κ3) is 7.52. The summed E-state index contributed by atoms with van der Waals surface area (Å²) in [5, 5.41) is 4.98. The molecular formula is C21H22N4O5S. The van der Waals surface area contributed by atoms with Crippen molar-refractivity contribution < 1.29 is 23.9 Å². The lowest BCUT2D eigenvalue weighted by molar-refractivity contribution is -0.142. The van der Waals surface area contributed by atoms with Crippen molar-refractivity contribution in [3.05, 3.63) is 65.2 Å². The largest absolute Gasteiger partial charge is 0.469 e. The zero-order chi connectivity index (χ0) is 22.8. The van der Waals surface area contributed by atoms with E-state index in [0.717, 1.165) is 5.56 Å². The molecule has 162 valence electrons. The highest BCUT2D eigenvalue weighted by atomic mass is 32.1. The number of rotatable bonds is 6. The number of anilines is 1. The molecule has 0 aliphatic rings. The minimum Gasteiger partial charge on any atom is -0.469 e. The van der Waals surface area contributed by atoms with E-state index in [1.54, 1.807) is 24.3 Å². The average molecular weight is 442 g/mol. The van der Waals surface area contributed by atoms with Gasteiger partial charge in [-0.05, 0) is 55.0 Å². The fourth-order valence-electron chi connectivity index (χ4n) is 2.45. The summed E-state index contributed by atoms with van der Waals surface area (Å²) in [6.07, 6.45) is -0.178. The van der Waals surface area contributed by atoms with E-state index in [-0.39, 0.29) is 23.9 Å². The first-order valence-corrected chi connectivity index (χ1v) is 9.65. The Morgan fingerprint density at radius 2 is 1.58 bits per heavy atom. The Morgan fingerprint density at radius 1 is 0.903 bits per heavy atom. The Balaban J connectivity index is 1.82. The molecule has 0 fully saturated rings. The first kappa shape index (κ1) is 23.5. The third-order valence-corrected chi connectivity index (χ3v) is 4.33. The van der Waals surface area contributed by atoms with Crippen LogP contribution in [0.25, 0.3) is 0 Å². The highest BCUT2D eigenvalue weighted by Gasteiger charge is 2.11. The van der Waals surface area contributed by atoms with E-state index in [0.29, 0.717) is 16.8 Å². The zero-order valence-electron chi connectivity index (χ0n) is 17.0. The molecule has 0 aromatic heterocycles. The normalized spacial score (nSPS) is 9.87. The number of carbonyl (C=O) groups is 4.